The Hall–Kier alpha value is -1.91. The Morgan fingerprint density at radius 2 is 1.88 bits per heavy atom. The summed E-state index contributed by atoms with van der Waals surface area (Å²) in [7, 11) is 0. The van der Waals surface area contributed by atoms with Gasteiger partial charge < -0.3 is 0 Å². The van der Waals surface area contributed by atoms with Crippen LogP contribution in [0.25, 0.3) is 0 Å². The zero-order chi connectivity index (χ0) is 11.8. The number of fused-ring (bicyclic) bond motifs is 1. The third-order valence-electron chi connectivity index (χ3n) is 3.49. The van der Waals surface area contributed by atoms with E-state index in [0.29, 0.717) is 19.4 Å². The number of rotatable bonds is 2. The van der Waals surface area contributed by atoms with E-state index in [-0.39, 0.29) is 23.7 Å². The molecule has 3 rings (SSSR count). The Bertz CT molecular complexity index is 452. The lowest BCUT2D eigenvalue weighted by molar-refractivity contribution is -0.140. The Balaban J connectivity index is 1.82. The number of imide groups is 1. The van der Waals surface area contributed by atoms with Gasteiger partial charge in [0.05, 0.1) is 24.6 Å². The van der Waals surface area contributed by atoms with Crippen LogP contribution >= 0.6 is 0 Å². The van der Waals surface area contributed by atoms with Crippen molar-refractivity contribution in [1.82, 2.24) is 15.1 Å². The summed E-state index contributed by atoms with van der Waals surface area (Å²) >= 11 is 0. The number of allylic oxidation sites excluding steroid dienone is 2. The molecular weight excluding hydrogens is 218 g/mol. The first-order valence-electron chi connectivity index (χ1n) is 5.75. The molecule has 2 aliphatic rings. The summed E-state index contributed by atoms with van der Waals surface area (Å²) in [4.78, 5) is 25.6. The Labute approximate surface area is 98.5 Å². The van der Waals surface area contributed by atoms with E-state index in [4.69, 9.17) is 0 Å². The van der Waals surface area contributed by atoms with Gasteiger partial charge in [0.15, 0.2) is 0 Å². The quantitative estimate of drug-likeness (QED) is 0.606. The van der Waals surface area contributed by atoms with Crippen LogP contribution in [0.15, 0.2) is 24.5 Å². The van der Waals surface area contributed by atoms with Crippen LogP contribution in [0.4, 0.5) is 0 Å². The number of likely N-dealkylation sites (tertiary alicyclic amines) is 1. The number of nitrogens with zero attached hydrogens (tertiary/aromatic N) is 2. The average molecular weight is 231 g/mol. The van der Waals surface area contributed by atoms with Gasteiger partial charge in [-0.2, -0.15) is 5.10 Å². The van der Waals surface area contributed by atoms with Gasteiger partial charge in [0.2, 0.25) is 11.8 Å². The van der Waals surface area contributed by atoms with E-state index < -0.39 is 0 Å². The fourth-order valence-electron chi connectivity index (χ4n) is 2.57. The molecule has 1 aromatic heterocycles. The lowest BCUT2D eigenvalue weighted by Gasteiger charge is -2.14. The van der Waals surface area contributed by atoms with Gasteiger partial charge in [-0.1, -0.05) is 12.2 Å². The first-order chi connectivity index (χ1) is 8.27. The van der Waals surface area contributed by atoms with Crippen LogP contribution in [0.2, 0.25) is 0 Å². The van der Waals surface area contributed by atoms with Crippen molar-refractivity contribution in [3.8, 4) is 0 Å². The molecule has 0 saturated carbocycles. The Morgan fingerprint density at radius 1 is 1.24 bits per heavy atom. The molecule has 1 aromatic rings. The Kier molecular flexibility index (Phi) is 2.31. The second-order valence-electron chi connectivity index (χ2n) is 4.52. The van der Waals surface area contributed by atoms with Gasteiger partial charge in [0.25, 0.3) is 0 Å². The molecule has 2 amide bonds. The zero-order valence-electron chi connectivity index (χ0n) is 9.30. The summed E-state index contributed by atoms with van der Waals surface area (Å²) < 4.78 is 0. The predicted octanol–water partition coefficient (Wildman–Crippen LogP) is 0.861. The van der Waals surface area contributed by atoms with Gasteiger partial charge in [0.1, 0.15) is 0 Å². The van der Waals surface area contributed by atoms with Crippen LogP contribution in [0.5, 0.6) is 0 Å². The lowest BCUT2D eigenvalue weighted by Crippen LogP contribution is -2.30. The summed E-state index contributed by atoms with van der Waals surface area (Å²) in [5.41, 5.74) is 0.860. The first kappa shape index (κ1) is 10.3. The second kappa shape index (κ2) is 3.84. The summed E-state index contributed by atoms with van der Waals surface area (Å²) in [5, 5.41) is 6.50. The number of aromatic amines is 1. The highest BCUT2D eigenvalue weighted by Crippen LogP contribution is 2.35. The maximum Gasteiger partial charge on any atom is 0.233 e. The van der Waals surface area contributed by atoms with Gasteiger partial charge in [-0.3, -0.25) is 19.6 Å². The molecule has 2 heterocycles. The standard InChI is InChI=1S/C12H13N3O2/c16-11-9-3-1-2-4-10(9)12(17)15(11)7-8-5-13-14-6-8/h1-2,5-6,9-10H,3-4,7H2,(H,13,14)/t9-,10+. The number of nitrogens with one attached hydrogen (secondary N) is 1. The molecule has 0 aromatic carbocycles. The van der Waals surface area contributed by atoms with Crippen LogP contribution in [-0.4, -0.2) is 26.9 Å². The molecule has 2 atom stereocenters. The largest absolute Gasteiger partial charge is 0.285 e. The number of amides is 2. The van der Waals surface area contributed by atoms with Crippen molar-refractivity contribution in [2.45, 2.75) is 19.4 Å². The van der Waals surface area contributed by atoms with E-state index in [1.807, 2.05) is 12.2 Å². The molecule has 5 heteroatoms. The molecule has 1 aliphatic carbocycles. The summed E-state index contributed by atoms with van der Waals surface area (Å²) in [5.74, 6) is -0.352. The molecule has 88 valence electrons. The van der Waals surface area contributed by atoms with Gasteiger partial charge >= 0.3 is 0 Å². The fourth-order valence-corrected chi connectivity index (χ4v) is 2.57. The second-order valence-corrected chi connectivity index (χ2v) is 4.52. The van der Waals surface area contributed by atoms with Crippen molar-refractivity contribution >= 4 is 11.8 Å². The third-order valence-corrected chi connectivity index (χ3v) is 3.49. The molecule has 1 saturated heterocycles. The summed E-state index contributed by atoms with van der Waals surface area (Å²) in [6.07, 6.45) is 8.72. The summed E-state index contributed by atoms with van der Waals surface area (Å²) in [6.45, 7) is 0.334. The number of carbonyl (C=O) groups is 2. The smallest absolute Gasteiger partial charge is 0.233 e. The van der Waals surface area contributed by atoms with E-state index in [1.165, 1.54) is 4.90 Å². The van der Waals surface area contributed by atoms with Gasteiger partial charge in [-0.15, -0.1) is 0 Å². The minimum absolute atomic E-state index is 0.0365. The van der Waals surface area contributed by atoms with Crippen LogP contribution in [-0.2, 0) is 16.1 Å². The zero-order valence-corrected chi connectivity index (χ0v) is 9.30. The number of hydrogen-bond acceptors (Lipinski definition) is 3. The van der Waals surface area contributed by atoms with Crippen molar-refractivity contribution in [2.75, 3.05) is 0 Å². The van der Waals surface area contributed by atoms with E-state index in [2.05, 4.69) is 10.2 Å². The van der Waals surface area contributed by atoms with Crippen LogP contribution in [0.3, 0.4) is 0 Å². The van der Waals surface area contributed by atoms with Gasteiger partial charge in [-0.05, 0) is 12.8 Å². The molecular formula is C12H13N3O2. The van der Waals surface area contributed by atoms with Gasteiger partial charge in [-0.25, -0.2) is 0 Å². The maximum atomic E-state index is 12.1. The molecule has 1 fully saturated rings. The molecule has 0 bridgehead atoms. The average Bonchev–Trinajstić information content (AvgIpc) is 2.94. The van der Waals surface area contributed by atoms with Crippen molar-refractivity contribution in [2.24, 2.45) is 11.8 Å². The molecule has 0 radical (unpaired) electrons. The molecule has 1 aliphatic heterocycles. The van der Waals surface area contributed by atoms with Crippen molar-refractivity contribution < 1.29 is 9.59 Å². The van der Waals surface area contributed by atoms with Crippen LogP contribution < -0.4 is 0 Å². The van der Waals surface area contributed by atoms with E-state index in [0.717, 1.165) is 5.56 Å². The highest BCUT2D eigenvalue weighted by atomic mass is 16.2. The summed E-state index contributed by atoms with van der Waals surface area (Å²) in [6, 6.07) is 0. The maximum absolute atomic E-state index is 12.1. The van der Waals surface area contributed by atoms with Crippen molar-refractivity contribution in [3.63, 3.8) is 0 Å². The van der Waals surface area contributed by atoms with E-state index >= 15 is 0 Å². The number of aromatic nitrogens is 2. The van der Waals surface area contributed by atoms with E-state index in [9.17, 15) is 9.59 Å². The number of carbonyl (C=O) groups excluding carboxylic acids is 2. The predicted molar refractivity (Wildman–Crippen MR) is 59.5 cm³/mol. The molecule has 0 spiro atoms. The molecule has 1 N–H and O–H groups in total. The van der Waals surface area contributed by atoms with Crippen LogP contribution in [0.1, 0.15) is 18.4 Å². The highest BCUT2D eigenvalue weighted by molar-refractivity contribution is 6.05. The van der Waals surface area contributed by atoms with Crippen LogP contribution in [0, 0.1) is 11.8 Å². The lowest BCUT2D eigenvalue weighted by atomic mass is 9.85. The number of hydrogen-bond donors (Lipinski definition) is 1. The molecule has 0 unspecified atom stereocenters. The Morgan fingerprint density at radius 3 is 2.41 bits per heavy atom. The monoisotopic (exact) mass is 231 g/mol. The van der Waals surface area contributed by atoms with Gasteiger partial charge in [0, 0.05) is 11.8 Å². The normalized spacial score (nSPS) is 27.6. The third kappa shape index (κ3) is 1.58. The molecule has 17 heavy (non-hydrogen) atoms. The topological polar surface area (TPSA) is 66.1 Å². The minimum atomic E-state index is -0.139. The highest BCUT2D eigenvalue weighted by Gasteiger charge is 2.46. The van der Waals surface area contributed by atoms with E-state index in [1.54, 1.807) is 12.4 Å². The molecule has 5 nitrogen and oxygen atoms in total. The minimum Gasteiger partial charge on any atom is -0.285 e. The number of H-pyrrole nitrogens is 1. The SMILES string of the molecule is O=C1[C@H]2CC=CC[C@H]2C(=O)N1Cc1cn[nH]c1. The first-order valence-corrected chi connectivity index (χ1v) is 5.75. The van der Waals surface area contributed by atoms with Crippen molar-refractivity contribution in [3.05, 3.63) is 30.1 Å². The van der Waals surface area contributed by atoms with Crippen molar-refractivity contribution in [1.29, 1.82) is 0 Å². The fraction of sp³-hybridized carbons (Fsp3) is 0.417.